The molecule has 0 spiro atoms. The molecule has 0 aliphatic carbocycles. The summed E-state index contributed by atoms with van der Waals surface area (Å²) in [5.41, 5.74) is 0.969. The van der Waals surface area contributed by atoms with Gasteiger partial charge < -0.3 is 10.4 Å². The lowest BCUT2D eigenvalue weighted by Gasteiger charge is -2.18. The second kappa shape index (κ2) is 8.04. The van der Waals surface area contributed by atoms with Gasteiger partial charge in [-0.1, -0.05) is 56.3 Å². The van der Waals surface area contributed by atoms with Gasteiger partial charge in [0.15, 0.2) is 0 Å². The molecule has 1 aromatic heterocycles. The molecule has 7 heteroatoms. The predicted molar refractivity (Wildman–Crippen MR) is 106 cm³/mol. The van der Waals surface area contributed by atoms with E-state index < -0.39 is 23.5 Å². The van der Waals surface area contributed by atoms with E-state index in [1.807, 2.05) is 42.5 Å². The highest BCUT2D eigenvalue weighted by molar-refractivity contribution is 5.95. The smallest absolute Gasteiger partial charge is 0.326 e. The molecule has 3 aromatic rings. The van der Waals surface area contributed by atoms with Crippen molar-refractivity contribution in [1.29, 1.82) is 0 Å². The van der Waals surface area contributed by atoms with Gasteiger partial charge in [-0.3, -0.25) is 9.59 Å². The molecular weight excluding hydrogens is 358 g/mol. The Morgan fingerprint density at radius 2 is 1.79 bits per heavy atom. The van der Waals surface area contributed by atoms with Crippen LogP contribution in [-0.4, -0.2) is 32.8 Å². The van der Waals surface area contributed by atoms with Crippen LogP contribution in [-0.2, 0) is 16.1 Å². The van der Waals surface area contributed by atoms with Crippen LogP contribution in [0.5, 0.6) is 0 Å². The minimum absolute atomic E-state index is 0.284. The summed E-state index contributed by atoms with van der Waals surface area (Å²) in [5.74, 6) is -1.98. The van der Waals surface area contributed by atoms with Crippen molar-refractivity contribution < 1.29 is 14.7 Å². The van der Waals surface area contributed by atoms with E-state index in [1.54, 1.807) is 19.9 Å². The van der Waals surface area contributed by atoms with Gasteiger partial charge in [-0.2, -0.15) is 5.10 Å². The minimum atomic E-state index is -1.12. The normalized spacial score (nSPS) is 12.1. The molecule has 0 aliphatic rings. The number of nitrogens with one attached hydrogen (secondary N) is 1. The molecule has 28 heavy (non-hydrogen) atoms. The van der Waals surface area contributed by atoms with E-state index in [9.17, 15) is 19.5 Å². The van der Waals surface area contributed by atoms with Crippen molar-refractivity contribution in [3.05, 3.63) is 65.0 Å². The number of carboxylic acid groups (broad SMARTS) is 1. The number of aliphatic carboxylic acids is 1. The van der Waals surface area contributed by atoms with E-state index in [0.717, 1.165) is 21.0 Å². The van der Waals surface area contributed by atoms with Crippen molar-refractivity contribution in [3.8, 4) is 11.3 Å². The lowest BCUT2D eigenvalue weighted by atomic mass is 10.0. The molecule has 0 fully saturated rings. The van der Waals surface area contributed by atoms with Crippen molar-refractivity contribution in [2.75, 3.05) is 0 Å². The zero-order chi connectivity index (χ0) is 20.3. The van der Waals surface area contributed by atoms with E-state index in [0.29, 0.717) is 5.69 Å². The summed E-state index contributed by atoms with van der Waals surface area (Å²) in [5, 5.41) is 18.0. The Hall–Kier alpha value is -3.48. The maximum Gasteiger partial charge on any atom is 0.326 e. The highest BCUT2D eigenvalue weighted by atomic mass is 16.4. The van der Waals surface area contributed by atoms with E-state index in [1.165, 1.54) is 6.07 Å². The van der Waals surface area contributed by atoms with Gasteiger partial charge in [-0.25, -0.2) is 9.48 Å². The van der Waals surface area contributed by atoms with Crippen molar-refractivity contribution >= 4 is 22.6 Å². The first-order valence-electron chi connectivity index (χ1n) is 8.95. The number of carbonyl (C=O) groups excluding carboxylic acids is 1. The molecule has 2 N–H and O–H groups in total. The number of hydrogen-bond donors (Lipinski definition) is 2. The van der Waals surface area contributed by atoms with Crippen molar-refractivity contribution in [2.45, 2.75) is 26.4 Å². The number of rotatable bonds is 6. The molecule has 1 heterocycles. The minimum Gasteiger partial charge on any atom is -0.480 e. The summed E-state index contributed by atoms with van der Waals surface area (Å²) in [6.07, 6.45) is 0. The Morgan fingerprint density at radius 3 is 2.50 bits per heavy atom. The average molecular weight is 379 g/mol. The van der Waals surface area contributed by atoms with Gasteiger partial charge >= 0.3 is 5.97 Å². The number of benzene rings is 2. The van der Waals surface area contributed by atoms with Crippen molar-refractivity contribution in [2.24, 2.45) is 5.92 Å². The third-order valence-electron chi connectivity index (χ3n) is 4.47. The number of nitrogens with zero attached hydrogens (tertiary/aromatic N) is 2. The van der Waals surface area contributed by atoms with Crippen LogP contribution in [0.1, 0.15) is 13.8 Å². The van der Waals surface area contributed by atoms with Gasteiger partial charge in [-0.15, -0.1) is 0 Å². The molecule has 7 nitrogen and oxygen atoms in total. The first-order valence-corrected chi connectivity index (χ1v) is 8.95. The first kappa shape index (κ1) is 19.3. The lowest BCUT2D eigenvalue weighted by Crippen LogP contribution is -2.46. The number of hydrogen-bond acceptors (Lipinski definition) is 4. The van der Waals surface area contributed by atoms with Gasteiger partial charge in [0.2, 0.25) is 5.91 Å². The quantitative estimate of drug-likeness (QED) is 0.684. The second-order valence-corrected chi connectivity index (χ2v) is 6.87. The zero-order valence-corrected chi connectivity index (χ0v) is 15.6. The lowest BCUT2D eigenvalue weighted by molar-refractivity contribution is -0.143. The SMILES string of the molecule is CC(C)[C@H](NC(=O)Cn1nc(-c2cccc3ccccc23)ccc1=O)C(=O)O. The Kier molecular flexibility index (Phi) is 5.54. The first-order chi connectivity index (χ1) is 13.4. The van der Waals surface area contributed by atoms with Gasteiger partial charge in [0.1, 0.15) is 12.6 Å². The Labute approximate surface area is 161 Å². The number of carbonyl (C=O) groups is 2. The second-order valence-electron chi connectivity index (χ2n) is 6.87. The average Bonchev–Trinajstić information content (AvgIpc) is 2.67. The fourth-order valence-electron chi connectivity index (χ4n) is 3.02. The van der Waals surface area contributed by atoms with Gasteiger partial charge in [0.25, 0.3) is 5.56 Å². The summed E-state index contributed by atoms with van der Waals surface area (Å²) >= 11 is 0. The van der Waals surface area contributed by atoms with Crippen LogP contribution < -0.4 is 10.9 Å². The third kappa shape index (κ3) is 4.09. The molecular formula is C21H21N3O4. The largest absolute Gasteiger partial charge is 0.480 e. The maximum absolute atomic E-state index is 12.3. The van der Waals surface area contributed by atoms with Crippen LogP contribution in [0.25, 0.3) is 22.0 Å². The molecule has 0 unspecified atom stereocenters. The fourth-order valence-corrected chi connectivity index (χ4v) is 3.02. The van der Waals surface area contributed by atoms with Crippen LogP contribution in [0.15, 0.2) is 59.4 Å². The van der Waals surface area contributed by atoms with E-state index in [-0.39, 0.29) is 12.5 Å². The highest BCUT2D eigenvalue weighted by Crippen LogP contribution is 2.26. The van der Waals surface area contributed by atoms with Gasteiger partial charge in [0, 0.05) is 11.6 Å². The van der Waals surface area contributed by atoms with E-state index in [2.05, 4.69) is 10.4 Å². The van der Waals surface area contributed by atoms with Crippen LogP contribution in [0.4, 0.5) is 0 Å². The number of fused-ring (bicyclic) bond motifs is 1. The summed E-state index contributed by atoms with van der Waals surface area (Å²) in [6, 6.07) is 15.6. The monoisotopic (exact) mass is 379 g/mol. The molecule has 1 atom stereocenters. The molecule has 0 radical (unpaired) electrons. The molecule has 0 saturated carbocycles. The summed E-state index contributed by atoms with van der Waals surface area (Å²) < 4.78 is 1.05. The Balaban J connectivity index is 1.91. The highest BCUT2D eigenvalue weighted by Gasteiger charge is 2.23. The molecule has 0 saturated heterocycles. The van der Waals surface area contributed by atoms with Gasteiger partial charge in [0.05, 0.1) is 5.69 Å². The fraction of sp³-hybridized carbons (Fsp3) is 0.238. The van der Waals surface area contributed by atoms with E-state index >= 15 is 0 Å². The topological polar surface area (TPSA) is 101 Å². The number of carboxylic acids is 1. The maximum atomic E-state index is 12.3. The summed E-state index contributed by atoms with van der Waals surface area (Å²) in [7, 11) is 0. The van der Waals surface area contributed by atoms with Crippen LogP contribution in [0, 0.1) is 5.92 Å². The summed E-state index contributed by atoms with van der Waals surface area (Å²) in [4.78, 5) is 35.7. The molecule has 2 aromatic carbocycles. The number of amides is 1. The molecule has 1 amide bonds. The van der Waals surface area contributed by atoms with E-state index in [4.69, 9.17) is 0 Å². The Morgan fingerprint density at radius 1 is 1.07 bits per heavy atom. The molecule has 144 valence electrons. The van der Waals surface area contributed by atoms with Crippen LogP contribution >= 0.6 is 0 Å². The van der Waals surface area contributed by atoms with Crippen molar-refractivity contribution in [1.82, 2.24) is 15.1 Å². The predicted octanol–water partition coefficient (Wildman–Crippen LogP) is 2.29. The van der Waals surface area contributed by atoms with Gasteiger partial charge in [-0.05, 0) is 22.8 Å². The molecule has 0 aliphatic heterocycles. The van der Waals surface area contributed by atoms with Crippen LogP contribution in [0.3, 0.4) is 0 Å². The third-order valence-corrected chi connectivity index (χ3v) is 4.47. The number of aromatic nitrogens is 2. The Bertz CT molecular complexity index is 1080. The molecule has 3 rings (SSSR count). The molecule has 0 bridgehead atoms. The van der Waals surface area contributed by atoms with Crippen LogP contribution in [0.2, 0.25) is 0 Å². The summed E-state index contributed by atoms with van der Waals surface area (Å²) in [6.45, 7) is 3.04. The standard InChI is InChI=1S/C21H21N3O4/c1-13(2)20(21(27)28)22-18(25)12-24-19(26)11-10-17(23-24)16-9-5-7-14-6-3-4-8-15(14)16/h3-11,13,20H,12H2,1-2H3,(H,22,25)(H,27,28)/t20-/m0/s1. The zero-order valence-electron chi connectivity index (χ0n) is 15.6. The van der Waals surface area contributed by atoms with Crippen molar-refractivity contribution in [3.63, 3.8) is 0 Å².